The standard InChI is InChI=1S/C14H19NO2/c15-14(13(16)17,11-7-3-1-4-8-11)12-9-5-2-6-10-12/h1,3-4,7-8,12H,2,5-6,9-10,15H2,(H,16,17)/t14-/m1/s1. The number of nitrogens with two attached hydrogens (primary N) is 1. The van der Waals surface area contributed by atoms with Crippen LogP contribution in [0.3, 0.4) is 0 Å². The molecule has 3 nitrogen and oxygen atoms in total. The molecule has 1 aromatic carbocycles. The maximum absolute atomic E-state index is 11.6. The van der Waals surface area contributed by atoms with Crippen LogP contribution in [0, 0.1) is 5.92 Å². The predicted molar refractivity (Wildman–Crippen MR) is 66.5 cm³/mol. The van der Waals surface area contributed by atoms with Crippen molar-refractivity contribution in [1.29, 1.82) is 0 Å². The summed E-state index contributed by atoms with van der Waals surface area (Å²) in [7, 11) is 0. The van der Waals surface area contributed by atoms with Crippen molar-refractivity contribution in [3.63, 3.8) is 0 Å². The summed E-state index contributed by atoms with van der Waals surface area (Å²) in [6, 6.07) is 9.23. The average Bonchev–Trinajstić information content (AvgIpc) is 2.39. The second-order valence-corrected chi connectivity index (χ2v) is 4.88. The van der Waals surface area contributed by atoms with Gasteiger partial charge in [0.15, 0.2) is 0 Å². The van der Waals surface area contributed by atoms with Crippen LogP contribution in [-0.2, 0) is 10.3 Å². The third-order valence-corrected chi connectivity index (χ3v) is 3.85. The highest BCUT2D eigenvalue weighted by molar-refractivity contribution is 5.81. The Bertz CT molecular complexity index is 384. The van der Waals surface area contributed by atoms with Gasteiger partial charge in [0.2, 0.25) is 0 Å². The smallest absolute Gasteiger partial charge is 0.328 e. The van der Waals surface area contributed by atoms with Gasteiger partial charge in [-0.1, -0.05) is 49.6 Å². The van der Waals surface area contributed by atoms with Crippen molar-refractivity contribution in [3.8, 4) is 0 Å². The van der Waals surface area contributed by atoms with Crippen LogP contribution in [0.5, 0.6) is 0 Å². The molecule has 0 aromatic heterocycles. The molecule has 3 N–H and O–H groups in total. The van der Waals surface area contributed by atoms with Gasteiger partial charge in [-0.2, -0.15) is 0 Å². The molecule has 0 unspecified atom stereocenters. The first-order chi connectivity index (χ1) is 8.15. The molecule has 0 amide bonds. The fraction of sp³-hybridized carbons (Fsp3) is 0.500. The zero-order chi connectivity index (χ0) is 12.3. The molecule has 1 aromatic rings. The SMILES string of the molecule is N[C@](C(=O)O)(c1ccccc1)C1CCCCC1. The highest BCUT2D eigenvalue weighted by Gasteiger charge is 2.43. The molecule has 1 aliphatic carbocycles. The van der Waals surface area contributed by atoms with E-state index in [4.69, 9.17) is 5.73 Å². The maximum Gasteiger partial charge on any atom is 0.328 e. The lowest BCUT2D eigenvalue weighted by Crippen LogP contribution is -2.51. The van der Waals surface area contributed by atoms with E-state index in [2.05, 4.69) is 0 Å². The molecule has 0 saturated heterocycles. The Balaban J connectivity index is 2.35. The highest BCUT2D eigenvalue weighted by Crippen LogP contribution is 2.37. The summed E-state index contributed by atoms with van der Waals surface area (Å²) in [6.45, 7) is 0. The van der Waals surface area contributed by atoms with Crippen molar-refractivity contribution in [2.24, 2.45) is 11.7 Å². The molecule has 0 heterocycles. The summed E-state index contributed by atoms with van der Waals surface area (Å²) in [6.07, 6.45) is 5.20. The van der Waals surface area contributed by atoms with Gasteiger partial charge in [-0.3, -0.25) is 0 Å². The lowest BCUT2D eigenvalue weighted by Gasteiger charge is -2.36. The Morgan fingerprint density at radius 1 is 1.18 bits per heavy atom. The molecule has 0 spiro atoms. The first-order valence-corrected chi connectivity index (χ1v) is 6.23. The van der Waals surface area contributed by atoms with Gasteiger partial charge in [-0.25, -0.2) is 4.79 Å². The van der Waals surface area contributed by atoms with Crippen LogP contribution in [0.2, 0.25) is 0 Å². The third-order valence-electron chi connectivity index (χ3n) is 3.85. The Kier molecular flexibility index (Phi) is 3.48. The van der Waals surface area contributed by atoms with Gasteiger partial charge in [0.25, 0.3) is 0 Å². The lowest BCUT2D eigenvalue weighted by molar-refractivity contribution is -0.146. The maximum atomic E-state index is 11.6. The molecule has 2 rings (SSSR count). The summed E-state index contributed by atoms with van der Waals surface area (Å²) in [5.41, 5.74) is 5.74. The number of carboxylic acid groups (broad SMARTS) is 1. The van der Waals surface area contributed by atoms with Crippen molar-refractivity contribution in [1.82, 2.24) is 0 Å². The summed E-state index contributed by atoms with van der Waals surface area (Å²) in [4.78, 5) is 11.6. The fourth-order valence-electron chi connectivity index (χ4n) is 2.81. The number of benzene rings is 1. The van der Waals surface area contributed by atoms with Crippen molar-refractivity contribution in [2.75, 3.05) is 0 Å². The van der Waals surface area contributed by atoms with Crippen molar-refractivity contribution < 1.29 is 9.90 Å². The van der Waals surface area contributed by atoms with Gasteiger partial charge < -0.3 is 10.8 Å². The topological polar surface area (TPSA) is 63.3 Å². The van der Waals surface area contributed by atoms with Crippen molar-refractivity contribution in [2.45, 2.75) is 37.6 Å². The van der Waals surface area contributed by atoms with Crippen molar-refractivity contribution >= 4 is 5.97 Å². The Morgan fingerprint density at radius 3 is 2.29 bits per heavy atom. The number of aliphatic carboxylic acids is 1. The van der Waals surface area contributed by atoms with Gasteiger partial charge in [-0.05, 0) is 24.3 Å². The minimum Gasteiger partial charge on any atom is -0.480 e. The van der Waals surface area contributed by atoms with E-state index < -0.39 is 11.5 Å². The van der Waals surface area contributed by atoms with Gasteiger partial charge in [0.05, 0.1) is 0 Å². The molecule has 1 fully saturated rings. The molecule has 0 radical (unpaired) electrons. The van der Waals surface area contributed by atoms with E-state index in [0.29, 0.717) is 0 Å². The minimum atomic E-state index is -1.22. The number of carbonyl (C=O) groups is 1. The fourth-order valence-corrected chi connectivity index (χ4v) is 2.81. The first kappa shape index (κ1) is 12.1. The van der Waals surface area contributed by atoms with E-state index in [1.165, 1.54) is 6.42 Å². The summed E-state index contributed by atoms with van der Waals surface area (Å²) in [5, 5.41) is 9.51. The number of hydrogen-bond acceptors (Lipinski definition) is 2. The van der Waals surface area contributed by atoms with E-state index >= 15 is 0 Å². The molecule has 17 heavy (non-hydrogen) atoms. The normalized spacial score (nSPS) is 20.8. The Labute approximate surface area is 102 Å². The molecule has 3 heteroatoms. The predicted octanol–water partition coefficient (Wildman–Crippen LogP) is 2.51. The number of carboxylic acids is 1. The second-order valence-electron chi connectivity index (χ2n) is 4.88. The van der Waals surface area contributed by atoms with E-state index in [9.17, 15) is 9.90 Å². The monoisotopic (exact) mass is 233 g/mol. The van der Waals surface area contributed by atoms with Crippen LogP contribution >= 0.6 is 0 Å². The average molecular weight is 233 g/mol. The molecule has 1 atom stereocenters. The molecule has 1 saturated carbocycles. The molecular formula is C14H19NO2. The van der Waals surface area contributed by atoms with E-state index in [1.54, 1.807) is 0 Å². The molecule has 0 bridgehead atoms. The Hall–Kier alpha value is -1.35. The zero-order valence-electron chi connectivity index (χ0n) is 9.93. The molecule has 92 valence electrons. The van der Waals surface area contributed by atoms with Gasteiger partial charge >= 0.3 is 5.97 Å². The van der Waals surface area contributed by atoms with E-state index in [0.717, 1.165) is 31.2 Å². The van der Waals surface area contributed by atoms with Gasteiger partial charge in [0, 0.05) is 0 Å². The molecule has 0 aliphatic heterocycles. The second kappa shape index (κ2) is 4.88. The van der Waals surface area contributed by atoms with Crippen LogP contribution in [0.15, 0.2) is 30.3 Å². The number of rotatable bonds is 3. The van der Waals surface area contributed by atoms with Crippen LogP contribution in [0.25, 0.3) is 0 Å². The quantitative estimate of drug-likeness (QED) is 0.843. The highest BCUT2D eigenvalue weighted by atomic mass is 16.4. The first-order valence-electron chi connectivity index (χ1n) is 6.23. The minimum absolute atomic E-state index is 0.0520. The van der Waals surface area contributed by atoms with Gasteiger partial charge in [-0.15, -0.1) is 0 Å². The molecular weight excluding hydrogens is 214 g/mol. The van der Waals surface area contributed by atoms with Crippen LogP contribution in [0.4, 0.5) is 0 Å². The number of hydrogen-bond donors (Lipinski definition) is 2. The lowest BCUT2D eigenvalue weighted by atomic mass is 9.71. The van der Waals surface area contributed by atoms with Crippen LogP contribution < -0.4 is 5.73 Å². The van der Waals surface area contributed by atoms with Crippen LogP contribution in [-0.4, -0.2) is 11.1 Å². The summed E-state index contributed by atoms with van der Waals surface area (Å²) >= 11 is 0. The Morgan fingerprint density at radius 2 is 1.76 bits per heavy atom. The molecule has 1 aliphatic rings. The van der Waals surface area contributed by atoms with Gasteiger partial charge in [0.1, 0.15) is 5.54 Å². The largest absolute Gasteiger partial charge is 0.480 e. The zero-order valence-corrected chi connectivity index (χ0v) is 9.93. The summed E-state index contributed by atoms with van der Waals surface area (Å²) < 4.78 is 0. The van der Waals surface area contributed by atoms with Crippen molar-refractivity contribution in [3.05, 3.63) is 35.9 Å². The van der Waals surface area contributed by atoms with E-state index in [-0.39, 0.29) is 5.92 Å². The summed E-state index contributed by atoms with van der Waals surface area (Å²) in [5.74, 6) is -0.855. The van der Waals surface area contributed by atoms with E-state index in [1.807, 2.05) is 30.3 Å². The third kappa shape index (κ3) is 2.20. The van der Waals surface area contributed by atoms with Crippen LogP contribution in [0.1, 0.15) is 37.7 Å².